The van der Waals surface area contributed by atoms with Gasteiger partial charge in [0.25, 0.3) is 0 Å². The van der Waals surface area contributed by atoms with Crippen LogP contribution < -0.4 is 10.5 Å². The van der Waals surface area contributed by atoms with E-state index in [4.69, 9.17) is 28.9 Å². The summed E-state index contributed by atoms with van der Waals surface area (Å²) in [5.41, 5.74) is 5.07. The minimum atomic E-state index is -3.73. The Morgan fingerprint density at radius 2 is 1.84 bits per heavy atom. The van der Waals surface area contributed by atoms with Crippen LogP contribution in [0.3, 0.4) is 0 Å². The summed E-state index contributed by atoms with van der Waals surface area (Å²) in [5.74, 6) is 0. The highest BCUT2D eigenvalue weighted by molar-refractivity contribution is 9.10. The molecule has 0 heterocycles. The lowest BCUT2D eigenvalue weighted by atomic mass is 10.1. The van der Waals surface area contributed by atoms with E-state index in [9.17, 15) is 8.42 Å². The van der Waals surface area contributed by atoms with Gasteiger partial charge < -0.3 is 5.73 Å². The molecule has 0 aromatic heterocycles. The first-order valence-corrected chi connectivity index (χ1v) is 8.00. The van der Waals surface area contributed by atoms with Gasteiger partial charge >= 0.3 is 0 Å². The molecule has 9 heteroatoms. The molecule has 4 nitrogen and oxygen atoms in total. The smallest absolute Gasteiger partial charge is 0.242 e. The first kappa shape index (κ1) is 19.4. The molecule has 0 saturated heterocycles. The van der Waals surface area contributed by atoms with E-state index in [2.05, 4.69) is 20.7 Å². The van der Waals surface area contributed by atoms with Crippen LogP contribution in [0.1, 0.15) is 13.8 Å². The second-order valence-electron chi connectivity index (χ2n) is 4.49. The summed E-state index contributed by atoms with van der Waals surface area (Å²) in [7, 11) is -3.73. The minimum Gasteiger partial charge on any atom is -0.324 e. The van der Waals surface area contributed by atoms with E-state index in [-0.39, 0.29) is 33.9 Å². The Morgan fingerprint density at radius 3 is 2.32 bits per heavy atom. The monoisotopic (exact) mass is 410 g/mol. The summed E-state index contributed by atoms with van der Waals surface area (Å²) in [6.07, 6.45) is 0. The van der Waals surface area contributed by atoms with Crippen molar-refractivity contribution in [1.29, 1.82) is 0 Å². The van der Waals surface area contributed by atoms with Crippen molar-refractivity contribution in [3.63, 3.8) is 0 Å². The maximum Gasteiger partial charge on any atom is 0.242 e. The molecule has 1 aromatic carbocycles. The second-order valence-corrected chi connectivity index (χ2v) is 7.83. The molecule has 0 aliphatic heterocycles. The lowest BCUT2D eigenvalue weighted by molar-refractivity contribution is 0.498. The molecule has 0 saturated carbocycles. The molecular weight excluding hydrogens is 398 g/mol. The summed E-state index contributed by atoms with van der Waals surface area (Å²) in [5, 5.41) is 0.139. The van der Waals surface area contributed by atoms with Crippen LogP contribution in [-0.2, 0) is 10.0 Å². The first-order valence-electron chi connectivity index (χ1n) is 4.96. The third kappa shape index (κ3) is 5.38. The number of rotatable bonds is 4. The molecule has 0 aliphatic rings. The third-order valence-electron chi connectivity index (χ3n) is 2.01. The zero-order chi connectivity index (χ0) is 14.1. The van der Waals surface area contributed by atoms with Crippen LogP contribution in [0.4, 0.5) is 0 Å². The van der Waals surface area contributed by atoms with Crippen molar-refractivity contribution >= 4 is 61.6 Å². The first-order chi connectivity index (χ1) is 8.04. The molecule has 1 rings (SSSR count). The second kappa shape index (κ2) is 6.93. The quantitative estimate of drug-likeness (QED) is 0.746. The van der Waals surface area contributed by atoms with Crippen LogP contribution >= 0.6 is 51.5 Å². The van der Waals surface area contributed by atoms with Gasteiger partial charge in [-0.05, 0) is 41.9 Å². The van der Waals surface area contributed by atoms with Crippen LogP contribution in [0.2, 0.25) is 10.0 Å². The fourth-order valence-electron chi connectivity index (χ4n) is 1.07. The molecule has 3 N–H and O–H groups in total. The largest absolute Gasteiger partial charge is 0.324 e. The predicted octanol–water partition coefficient (Wildman–Crippen LogP) is 3.19. The zero-order valence-corrected chi connectivity index (χ0v) is 14.9. The summed E-state index contributed by atoms with van der Waals surface area (Å²) in [6, 6.07) is 2.90. The standard InChI is InChI=1S/C10H13BrCl2N2O2S.ClH/c1-10(2,14)5-15-18(16,17)7-4-3-6(11)8(12)9(7)13;/h3-4,15H,5,14H2,1-2H3;1H. The average molecular weight is 413 g/mol. The molecule has 0 fully saturated rings. The molecule has 0 unspecified atom stereocenters. The van der Waals surface area contributed by atoms with Crippen molar-refractivity contribution < 1.29 is 8.42 Å². The van der Waals surface area contributed by atoms with Crippen LogP contribution in [0.25, 0.3) is 0 Å². The van der Waals surface area contributed by atoms with Crippen LogP contribution in [0, 0.1) is 0 Å². The lowest BCUT2D eigenvalue weighted by Crippen LogP contribution is -2.45. The van der Waals surface area contributed by atoms with Crippen molar-refractivity contribution in [2.75, 3.05) is 6.54 Å². The summed E-state index contributed by atoms with van der Waals surface area (Å²) < 4.78 is 27.0. The molecule has 19 heavy (non-hydrogen) atoms. The Hall–Kier alpha value is 0.440. The zero-order valence-electron chi connectivity index (χ0n) is 10.2. The molecule has 0 radical (unpaired) electrons. The normalized spacial score (nSPS) is 12.1. The highest BCUT2D eigenvalue weighted by Gasteiger charge is 2.23. The van der Waals surface area contributed by atoms with Crippen molar-refractivity contribution in [1.82, 2.24) is 4.72 Å². The van der Waals surface area contributed by atoms with Gasteiger partial charge in [0.15, 0.2) is 0 Å². The fourth-order valence-corrected chi connectivity index (χ4v) is 3.51. The molecule has 0 spiro atoms. The van der Waals surface area contributed by atoms with E-state index in [1.54, 1.807) is 13.8 Å². The summed E-state index contributed by atoms with van der Waals surface area (Å²) in [4.78, 5) is -0.0679. The van der Waals surface area contributed by atoms with Gasteiger partial charge in [-0.2, -0.15) is 0 Å². The maximum absolute atomic E-state index is 12.0. The number of halogens is 4. The summed E-state index contributed by atoms with van der Waals surface area (Å²) >= 11 is 15.0. The third-order valence-corrected chi connectivity index (χ3v) is 5.33. The van der Waals surface area contributed by atoms with Gasteiger partial charge in [-0.3, -0.25) is 0 Å². The molecule has 0 amide bonds. The Bertz CT molecular complexity index is 559. The molecule has 110 valence electrons. The van der Waals surface area contributed by atoms with Crippen molar-refractivity contribution in [2.45, 2.75) is 24.3 Å². The van der Waals surface area contributed by atoms with Crippen molar-refractivity contribution in [3.8, 4) is 0 Å². The SMILES string of the molecule is CC(C)(N)CNS(=O)(=O)c1ccc(Br)c(Cl)c1Cl.Cl. The highest BCUT2D eigenvalue weighted by Crippen LogP contribution is 2.34. The van der Waals surface area contributed by atoms with Gasteiger partial charge in [0.1, 0.15) is 4.90 Å². The number of nitrogens with one attached hydrogen (secondary N) is 1. The van der Waals surface area contributed by atoms with Gasteiger partial charge in [0, 0.05) is 16.6 Å². The number of sulfonamides is 1. The van der Waals surface area contributed by atoms with E-state index in [1.165, 1.54) is 12.1 Å². The van der Waals surface area contributed by atoms with E-state index in [0.29, 0.717) is 4.47 Å². The van der Waals surface area contributed by atoms with E-state index < -0.39 is 15.6 Å². The maximum atomic E-state index is 12.0. The number of nitrogens with two attached hydrogens (primary N) is 1. The van der Waals surface area contributed by atoms with Crippen molar-refractivity contribution in [3.05, 3.63) is 26.7 Å². The highest BCUT2D eigenvalue weighted by atomic mass is 79.9. The van der Waals surface area contributed by atoms with Gasteiger partial charge in [-0.1, -0.05) is 23.2 Å². The van der Waals surface area contributed by atoms with Gasteiger partial charge in [-0.15, -0.1) is 12.4 Å². The fraction of sp³-hybridized carbons (Fsp3) is 0.400. The van der Waals surface area contributed by atoms with Gasteiger partial charge in [0.05, 0.1) is 10.0 Å². The molecular formula is C10H14BrCl3N2O2S. The topological polar surface area (TPSA) is 72.2 Å². The number of hydrogen-bond acceptors (Lipinski definition) is 3. The lowest BCUT2D eigenvalue weighted by Gasteiger charge is -2.19. The predicted molar refractivity (Wildman–Crippen MR) is 84.9 cm³/mol. The van der Waals surface area contributed by atoms with Gasteiger partial charge in [0.2, 0.25) is 10.0 Å². The average Bonchev–Trinajstić information content (AvgIpc) is 2.22. The Balaban J connectivity index is 0.00000324. The Morgan fingerprint density at radius 1 is 1.32 bits per heavy atom. The molecule has 0 atom stereocenters. The minimum absolute atomic E-state index is 0. The molecule has 0 bridgehead atoms. The van der Waals surface area contributed by atoms with E-state index in [0.717, 1.165) is 0 Å². The van der Waals surface area contributed by atoms with Crippen LogP contribution in [0.15, 0.2) is 21.5 Å². The van der Waals surface area contributed by atoms with Gasteiger partial charge in [-0.25, -0.2) is 13.1 Å². The van der Waals surface area contributed by atoms with Crippen LogP contribution in [-0.4, -0.2) is 20.5 Å². The molecule has 1 aromatic rings. The van der Waals surface area contributed by atoms with E-state index in [1.807, 2.05) is 0 Å². The van der Waals surface area contributed by atoms with E-state index >= 15 is 0 Å². The number of benzene rings is 1. The Labute approximate surface area is 137 Å². The van der Waals surface area contributed by atoms with Crippen molar-refractivity contribution in [2.24, 2.45) is 5.73 Å². The van der Waals surface area contributed by atoms with Crippen LogP contribution in [0.5, 0.6) is 0 Å². The molecule has 0 aliphatic carbocycles. The Kier molecular flexibility index (Phi) is 7.09. The summed E-state index contributed by atoms with van der Waals surface area (Å²) in [6.45, 7) is 3.52. The number of hydrogen-bond donors (Lipinski definition) is 2.